The second-order valence-corrected chi connectivity index (χ2v) is 9.74. The Morgan fingerprint density at radius 2 is 2.00 bits per heavy atom. The summed E-state index contributed by atoms with van der Waals surface area (Å²) in [5.41, 5.74) is 3.69. The molecule has 5 rings (SSSR count). The van der Waals surface area contributed by atoms with Crippen LogP contribution < -0.4 is 5.32 Å². The summed E-state index contributed by atoms with van der Waals surface area (Å²) in [6, 6.07) is 11.6. The number of thiophene rings is 2. The lowest BCUT2D eigenvalue weighted by atomic mass is 10.2. The molecule has 0 amide bonds. The van der Waals surface area contributed by atoms with E-state index in [2.05, 4.69) is 27.8 Å². The van der Waals surface area contributed by atoms with Gasteiger partial charge in [-0.1, -0.05) is 23.2 Å². The second-order valence-electron chi connectivity index (χ2n) is 6.90. The van der Waals surface area contributed by atoms with E-state index in [1.54, 1.807) is 47.1 Å². The van der Waals surface area contributed by atoms with Crippen LogP contribution in [0.1, 0.15) is 23.2 Å². The fourth-order valence-corrected chi connectivity index (χ4v) is 5.85. The van der Waals surface area contributed by atoms with Gasteiger partial charge in [-0.3, -0.25) is 4.98 Å². The van der Waals surface area contributed by atoms with Crippen molar-refractivity contribution < 1.29 is 9.47 Å². The molecule has 1 fully saturated rings. The van der Waals surface area contributed by atoms with Crippen LogP contribution in [0.2, 0.25) is 10.0 Å². The number of hydrogen-bond acceptors (Lipinski definition) is 7. The van der Waals surface area contributed by atoms with Gasteiger partial charge in [0.2, 0.25) is 0 Å². The molecule has 4 aromatic rings. The number of benzene rings is 1. The maximum atomic E-state index is 9.64. The molecule has 3 aromatic heterocycles. The Balaban J connectivity index is 1.53. The highest BCUT2D eigenvalue weighted by atomic mass is 35.5. The number of nitriles is 1. The Bertz CT molecular complexity index is 1310. The minimum atomic E-state index is -0.297. The maximum absolute atomic E-state index is 9.64. The fraction of sp³-hybridized carbons (Fsp3) is 0.182. The van der Waals surface area contributed by atoms with Crippen molar-refractivity contribution in [2.24, 2.45) is 0 Å². The molecule has 5 nitrogen and oxygen atoms in total. The van der Waals surface area contributed by atoms with Crippen LogP contribution in [0.15, 0.2) is 41.9 Å². The molecule has 0 spiro atoms. The Kier molecular flexibility index (Phi) is 5.85. The minimum absolute atomic E-state index is 0.297. The molecule has 0 radical (unpaired) electrons. The van der Waals surface area contributed by atoms with E-state index >= 15 is 0 Å². The van der Waals surface area contributed by atoms with E-state index in [1.807, 2.05) is 6.07 Å². The summed E-state index contributed by atoms with van der Waals surface area (Å²) >= 11 is 15.5. The van der Waals surface area contributed by atoms with Gasteiger partial charge >= 0.3 is 0 Å². The van der Waals surface area contributed by atoms with Gasteiger partial charge in [0.1, 0.15) is 6.07 Å². The number of rotatable bonds is 4. The van der Waals surface area contributed by atoms with Gasteiger partial charge in [-0.15, -0.1) is 22.7 Å². The lowest BCUT2D eigenvalue weighted by Gasteiger charge is -2.21. The lowest BCUT2D eigenvalue weighted by molar-refractivity contribution is -0.181. The van der Waals surface area contributed by atoms with Crippen molar-refractivity contribution in [2.45, 2.75) is 12.7 Å². The molecule has 0 saturated carbocycles. The Morgan fingerprint density at radius 1 is 1.16 bits per heavy atom. The number of aromatic nitrogens is 1. The van der Waals surface area contributed by atoms with Gasteiger partial charge in [-0.2, -0.15) is 5.26 Å². The van der Waals surface area contributed by atoms with Gasteiger partial charge < -0.3 is 14.8 Å². The highest BCUT2D eigenvalue weighted by Crippen LogP contribution is 2.42. The molecule has 1 aromatic carbocycles. The van der Waals surface area contributed by atoms with Crippen molar-refractivity contribution in [3.8, 4) is 16.5 Å². The number of halogens is 2. The molecule has 1 aliphatic heterocycles. The lowest BCUT2D eigenvalue weighted by Crippen LogP contribution is -2.16. The number of anilines is 2. The largest absolute Gasteiger partial charge is 0.352 e. The third-order valence-corrected chi connectivity index (χ3v) is 7.51. The van der Waals surface area contributed by atoms with Crippen LogP contribution in [0.25, 0.3) is 20.7 Å². The monoisotopic (exact) mass is 487 g/mol. The molecule has 9 heteroatoms. The molecular formula is C22H15Cl2N3O2S2. The first-order chi connectivity index (χ1) is 15.1. The van der Waals surface area contributed by atoms with Gasteiger partial charge in [-0.25, -0.2) is 0 Å². The molecule has 1 N–H and O–H groups in total. The maximum Gasteiger partial charge on any atom is 0.193 e. The third kappa shape index (κ3) is 4.15. The first-order valence-electron chi connectivity index (χ1n) is 9.49. The number of ether oxygens (including phenoxy) is 2. The summed E-state index contributed by atoms with van der Waals surface area (Å²) in [6.45, 7) is 1.42. The summed E-state index contributed by atoms with van der Waals surface area (Å²) in [4.78, 5) is 6.58. The van der Waals surface area contributed by atoms with E-state index in [4.69, 9.17) is 32.7 Å². The van der Waals surface area contributed by atoms with E-state index in [0.29, 0.717) is 40.2 Å². The quantitative estimate of drug-likeness (QED) is 0.325. The van der Waals surface area contributed by atoms with Crippen LogP contribution in [-0.2, 0) is 9.47 Å². The summed E-state index contributed by atoms with van der Waals surface area (Å²) in [5, 5.41) is 16.1. The average Bonchev–Trinajstić information content (AvgIpc) is 3.43. The molecule has 0 atom stereocenters. The third-order valence-electron chi connectivity index (χ3n) is 4.82. The van der Waals surface area contributed by atoms with Crippen molar-refractivity contribution in [3.05, 3.63) is 62.4 Å². The van der Waals surface area contributed by atoms with Gasteiger partial charge in [-0.05, 0) is 42.1 Å². The molecule has 156 valence electrons. The van der Waals surface area contributed by atoms with Crippen molar-refractivity contribution in [2.75, 3.05) is 18.5 Å². The predicted molar refractivity (Wildman–Crippen MR) is 127 cm³/mol. The Labute approximate surface area is 196 Å². The first kappa shape index (κ1) is 20.7. The van der Waals surface area contributed by atoms with Crippen LogP contribution in [0.5, 0.6) is 0 Å². The molecule has 1 aliphatic rings. The number of nitrogens with one attached hydrogen (secondary N) is 1. The summed E-state index contributed by atoms with van der Waals surface area (Å²) < 4.78 is 12.3. The molecular weight excluding hydrogens is 473 g/mol. The van der Waals surface area contributed by atoms with Gasteiger partial charge in [0.15, 0.2) is 6.29 Å². The number of pyridine rings is 1. The van der Waals surface area contributed by atoms with Crippen molar-refractivity contribution >= 4 is 67.5 Å². The zero-order valence-corrected chi connectivity index (χ0v) is 19.2. The zero-order chi connectivity index (χ0) is 21.4. The van der Waals surface area contributed by atoms with Gasteiger partial charge in [0.05, 0.1) is 50.3 Å². The average molecular weight is 488 g/mol. The van der Waals surface area contributed by atoms with Crippen molar-refractivity contribution in [1.82, 2.24) is 4.98 Å². The minimum Gasteiger partial charge on any atom is -0.352 e. The molecule has 0 unspecified atom stereocenters. The number of hydrogen-bond donors (Lipinski definition) is 1. The molecule has 31 heavy (non-hydrogen) atoms. The smallest absolute Gasteiger partial charge is 0.193 e. The molecule has 0 aliphatic carbocycles. The Hall–Kier alpha value is -2.18. The predicted octanol–water partition coefficient (Wildman–Crippen LogP) is 7.38. The van der Waals surface area contributed by atoms with Gasteiger partial charge in [0.25, 0.3) is 0 Å². The molecule has 1 saturated heterocycles. The first-order valence-corrected chi connectivity index (χ1v) is 11.9. The topological polar surface area (TPSA) is 67.2 Å². The van der Waals surface area contributed by atoms with Crippen LogP contribution in [0.3, 0.4) is 0 Å². The summed E-state index contributed by atoms with van der Waals surface area (Å²) in [6.07, 6.45) is 2.20. The van der Waals surface area contributed by atoms with E-state index in [9.17, 15) is 5.26 Å². The molecule has 0 bridgehead atoms. The van der Waals surface area contributed by atoms with E-state index in [-0.39, 0.29) is 6.29 Å². The molecule has 4 heterocycles. The van der Waals surface area contributed by atoms with E-state index < -0.39 is 0 Å². The Morgan fingerprint density at radius 3 is 2.77 bits per heavy atom. The fourth-order valence-electron chi connectivity index (χ4n) is 3.31. The van der Waals surface area contributed by atoms with Crippen LogP contribution in [0.4, 0.5) is 11.4 Å². The SMILES string of the molecule is N#Cc1cnc2cc(-c3csc(C4OCCCO4)c3)sc2c1Nc1ccc(Cl)cc1Cl. The highest BCUT2D eigenvalue weighted by molar-refractivity contribution is 7.23. The number of nitrogens with zero attached hydrogens (tertiary/aromatic N) is 2. The summed E-state index contributed by atoms with van der Waals surface area (Å²) in [5.74, 6) is 0. The second kappa shape index (κ2) is 8.75. The number of fused-ring (bicyclic) bond motifs is 1. The van der Waals surface area contributed by atoms with Crippen LogP contribution >= 0.6 is 45.9 Å². The highest BCUT2D eigenvalue weighted by Gasteiger charge is 2.20. The summed E-state index contributed by atoms with van der Waals surface area (Å²) in [7, 11) is 0. The standard InChI is InChI=1S/C22H15Cl2N3O2S2/c23-14-2-3-16(15(24)7-14)27-20-13(9-25)10-26-17-8-18(31-21(17)20)12-6-19(30-11-12)22-28-4-1-5-29-22/h2-3,6-8,10-11,22H,1,4-5H2,(H,26,27). The van der Waals surface area contributed by atoms with Gasteiger partial charge in [0, 0.05) is 21.7 Å². The zero-order valence-electron chi connectivity index (χ0n) is 16.0. The van der Waals surface area contributed by atoms with Crippen molar-refractivity contribution in [1.29, 1.82) is 5.26 Å². The van der Waals surface area contributed by atoms with Crippen LogP contribution in [-0.4, -0.2) is 18.2 Å². The van der Waals surface area contributed by atoms with Crippen LogP contribution in [0, 0.1) is 11.3 Å². The van der Waals surface area contributed by atoms with Crippen molar-refractivity contribution in [3.63, 3.8) is 0 Å². The normalized spacial score (nSPS) is 14.6. The van der Waals surface area contributed by atoms with E-state index in [0.717, 1.165) is 32.0 Å². The van der Waals surface area contributed by atoms with E-state index in [1.165, 1.54) is 0 Å².